The number of rotatable bonds is 6. The Kier molecular flexibility index (Phi) is 5.74. The molecule has 0 spiro atoms. The van der Waals surface area contributed by atoms with Crippen molar-refractivity contribution in [2.45, 2.75) is 19.8 Å². The quantitative estimate of drug-likeness (QED) is 0.617. The second-order valence-corrected chi connectivity index (χ2v) is 5.63. The van der Waals surface area contributed by atoms with Crippen molar-refractivity contribution in [2.24, 2.45) is 11.8 Å². The first kappa shape index (κ1) is 14.4. The molecule has 2 unspecified atom stereocenters. The summed E-state index contributed by atoms with van der Waals surface area (Å²) in [4.78, 5) is 0. The number of allylic oxidation sites excluding steroid dienone is 2. The third-order valence-electron chi connectivity index (χ3n) is 3.65. The predicted octanol–water partition coefficient (Wildman–Crippen LogP) is 4.37. The van der Waals surface area contributed by atoms with Crippen LogP contribution in [0.5, 0.6) is 0 Å². The first-order valence-electron chi connectivity index (χ1n) is 6.98. The highest BCUT2D eigenvalue weighted by atomic mass is 35.5. The van der Waals surface area contributed by atoms with Crippen molar-refractivity contribution in [3.63, 3.8) is 0 Å². The van der Waals surface area contributed by atoms with Crippen LogP contribution in [0.4, 0.5) is 5.69 Å². The van der Waals surface area contributed by atoms with Gasteiger partial charge in [0, 0.05) is 17.3 Å². The Balaban J connectivity index is 1.61. The van der Waals surface area contributed by atoms with Crippen LogP contribution >= 0.6 is 11.6 Å². The summed E-state index contributed by atoms with van der Waals surface area (Å²) in [5, 5.41) is 4.07. The number of anilines is 1. The van der Waals surface area contributed by atoms with Crippen LogP contribution in [0.25, 0.3) is 0 Å². The lowest BCUT2D eigenvalue weighted by Crippen LogP contribution is -2.21. The standard InChI is InChI=1S/C16H22ClNO/c1-13-5-2-3-6-14(13)12-19-10-9-18-16-8-4-7-15(17)11-16/h2-4,7-8,11,13-14,18H,5-6,9-10,12H2,1H3. The van der Waals surface area contributed by atoms with Crippen LogP contribution in [-0.2, 0) is 4.74 Å². The van der Waals surface area contributed by atoms with Crippen molar-refractivity contribution in [1.29, 1.82) is 0 Å². The summed E-state index contributed by atoms with van der Waals surface area (Å²) >= 11 is 5.92. The van der Waals surface area contributed by atoms with Gasteiger partial charge in [0.1, 0.15) is 0 Å². The normalized spacial score (nSPS) is 22.4. The van der Waals surface area contributed by atoms with Crippen molar-refractivity contribution < 1.29 is 4.74 Å². The van der Waals surface area contributed by atoms with Gasteiger partial charge in [0.25, 0.3) is 0 Å². The van der Waals surface area contributed by atoms with E-state index in [4.69, 9.17) is 16.3 Å². The first-order chi connectivity index (χ1) is 9.25. The van der Waals surface area contributed by atoms with E-state index >= 15 is 0 Å². The number of hydrogen-bond acceptors (Lipinski definition) is 2. The fourth-order valence-corrected chi connectivity index (χ4v) is 2.53. The van der Waals surface area contributed by atoms with Gasteiger partial charge in [-0.1, -0.05) is 36.7 Å². The van der Waals surface area contributed by atoms with E-state index < -0.39 is 0 Å². The average molecular weight is 280 g/mol. The molecule has 0 aliphatic heterocycles. The minimum Gasteiger partial charge on any atom is -0.383 e. The molecule has 0 radical (unpaired) electrons. The zero-order valence-corrected chi connectivity index (χ0v) is 12.2. The molecule has 3 heteroatoms. The van der Waals surface area contributed by atoms with Crippen LogP contribution in [0.15, 0.2) is 36.4 Å². The summed E-state index contributed by atoms with van der Waals surface area (Å²) in [6, 6.07) is 7.76. The van der Waals surface area contributed by atoms with E-state index in [1.165, 1.54) is 6.42 Å². The summed E-state index contributed by atoms with van der Waals surface area (Å²) in [5.74, 6) is 1.42. The molecule has 1 aromatic carbocycles. The van der Waals surface area contributed by atoms with Crippen molar-refractivity contribution >= 4 is 17.3 Å². The first-order valence-corrected chi connectivity index (χ1v) is 7.35. The highest BCUT2D eigenvalue weighted by Gasteiger charge is 2.17. The molecule has 1 aliphatic carbocycles. The number of nitrogens with one attached hydrogen (secondary N) is 1. The lowest BCUT2D eigenvalue weighted by molar-refractivity contribution is 0.0860. The fourth-order valence-electron chi connectivity index (χ4n) is 2.34. The van der Waals surface area contributed by atoms with Gasteiger partial charge in [-0.2, -0.15) is 0 Å². The summed E-state index contributed by atoms with van der Waals surface area (Å²) < 4.78 is 5.77. The maximum atomic E-state index is 5.92. The summed E-state index contributed by atoms with van der Waals surface area (Å²) in [6.45, 7) is 4.72. The largest absolute Gasteiger partial charge is 0.383 e. The maximum absolute atomic E-state index is 5.92. The van der Waals surface area contributed by atoms with Crippen LogP contribution in [0, 0.1) is 11.8 Å². The molecular formula is C16H22ClNO. The third kappa shape index (κ3) is 4.88. The van der Waals surface area contributed by atoms with Crippen LogP contribution in [0.1, 0.15) is 19.8 Å². The van der Waals surface area contributed by atoms with Crippen molar-refractivity contribution in [1.82, 2.24) is 0 Å². The van der Waals surface area contributed by atoms with Gasteiger partial charge in [-0.05, 0) is 42.9 Å². The molecule has 2 atom stereocenters. The molecule has 1 aliphatic rings. The molecule has 2 rings (SSSR count). The van der Waals surface area contributed by atoms with Gasteiger partial charge in [-0.15, -0.1) is 0 Å². The molecule has 0 heterocycles. The Labute approximate surface area is 120 Å². The second kappa shape index (κ2) is 7.56. The SMILES string of the molecule is CC1CC=CCC1COCCNc1cccc(Cl)c1. The van der Waals surface area contributed by atoms with Gasteiger partial charge in [0.15, 0.2) is 0 Å². The van der Waals surface area contributed by atoms with Gasteiger partial charge in [-0.3, -0.25) is 0 Å². The van der Waals surface area contributed by atoms with Crippen molar-refractivity contribution in [3.8, 4) is 0 Å². The van der Waals surface area contributed by atoms with E-state index in [1.54, 1.807) is 0 Å². The smallest absolute Gasteiger partial charge is 0.0639 e. The molecule has 104 valence electrons. The van der Waals surface area contributed by atoms with E-state index in [0.717, 1.165) is 42.8 Å². The van der Waals surface area contributed by atoms with Crippen LogP contribution in [0.2, 0.25) is 5.02 Å². The van der Waals surface area contributed by atoms with Crippen LogP contribution in [-0.4, -0.2) is 19.8 Å². The molecule has 0 saturated carbocycles. The minimum atomic E-state index is 0.677. The highest BCUT2D eigenvalue weighted by molar-refractivity contribution is 6.30. The van der Waals surface area contributed by atoms with Gasteiger partial charge in [-0.25, -0.2) is 0 Å². The molecular weight excluding hydrogens is 258 g/mol. The Hall–Kier alpha value is -0.990. The van der Waals surface area contributed by atoms with Crippen LogP contribution in [0.3, 0.4) is 0 Å². The number of halogens is 1. The average Bonchev–Trinajstić information content (AvgIpc) is 2.40. The maximum Gasteiger partial charge on any atom is 0.0639 e. The lowest BCUT2D eigenvalue weighted by atomic mass is 9.85. The fraction of sp³-hybridized carbons (Fsp3) is 0.500. The monoisotopic (exact) mass is 279 g/mol. The topological polar surface area (TPSA) is 21.3 Å². The molecule has 0 fully saturated rings. The zero-order chi connectivity index (χ0) is 13.5. The van der Waals surface area contributed by atoms with E-state index in [1.807, 2.05) is 24.3 Å². The Morgan fingerprint density at radius 3 is 2.95 bits per heavy atom. The highest BCUT2D eigenvalue weighted by Crippen LogP contribution is 2.24. The van der Waals surface area contributed by atoms with E-state index in [9.17, 15) is 0 Å². The third-order valence-corrected chi connectivity index (χ3v) is 3.89. The predicted molar refractivity (Wildman–Crippen MR) is 81.8 cm³/mol. The van der Waals surface area contributed by atoms with Gasteiger partial charge >= 0.3 is 0 Å². The molecule has 2 nitrogen and oxygen atoms in total. The molecule has 1 N–H and O–H groups in total. The number of ether oxygens (including phenoxy) is 1. The molecule has 19 heavy (non-hydrogen) atoms. The summed E-state index contributed by atoms with van der Waals surface area (Å²) in [5.41, 5.74) is 1.05. The second-order valence-electron chi connectivity index (χ2n) is 5.19. The summed E-state index contributed by atoms with van der Waals surface area (Å²) in [6.07, 6.45) is 6.90. The molecule has 1 aromatic rings. The molecule has 0 amide bonds. The molecule has 0 saturated heterocycles. The van der Waals surface area contributed by atoms with Crippen molar-refractivity contribution in [3.05, 3.63) is 41.4 Å². The van der Waals surface area contributed by atoms with Gasteiger partial charge < -0.3 is 10.1 Å². The van der Waals surface area contributed by atoms with Crippen molar-refractivity contribution in [2.75, 3.05) is 25.1 Å². The van der Waals surface area contributed by atoms with Gasteiger partial charge in [0.2, 0.25) is 0 Å². The van der Waals surface area contributed by atoms with E-state index in [0.29, 0.717) is 5.92 Å². The van der Waals surface area contributed by atoms with E-state index in [2.05, 4.69) is 24.4 Å². The van der Waals surface area contributed by atoms with E-state index in [-0.39, 0.29) is 0 Å². The zero-order valence-electron chi connectivity index (χ0n) is 11.4. The van der Waals surface area contributed by atoms with Gasteiger partial charge in [0.05, 0.1) is 13.2 Å². The molecule has 0 bridgehead atoms. The minimum absolute atomic E-state index is 0.677. The Morgan fingerprint density at radius 2 is 2.16 bits per heavy atom. The Morgan fingerprint density at radius 1 is 1.32 bits per heavy atom. The lowest BCUT2D eigenvalue weighted by Gasteiger charge is -2.24. The molecule has 0 aromatic heterocycles. The number of benzene rings is 1. The Bertz CT molecular complexity index is 419. The number of hydrogen-bond donors (Lipinski definition) is 1. The van der Waals surface area contributed by atoms with Crippen LogP contribution < -0.4 is 5.32 Å². The summed E-state index contributed by atoms with van der Waals surface area (Å²) in [7, 11) is 0.